The molecule has 134 valence electrons. The van der Waals surface area contributed by atoms with E-state index in [9.17, 15) is 29.8 Å². The summed E-state index contributed by atoms with van der Waals surface area (Å²) < 4.78 is 0. The van der Waals surface area contributed by atoms with Crippen LogP contribution in [0.4, 0.5) is 11.4 Å². The van der Waals surface area contributed by atoms with Gasteiger partial charge in [-0.25, -0.2) is 0 Å². The molecule has 0 spiro atoms. The van der Waals surface area contributed by atoms with Crippen LogP contribution >= 0.6 is 0 Å². The van der Waals surface area contributed by atoms with Gasteiger partial charge in [-0.1, -0.05) is 0 Å². The number of rotatable bonds is 4. The number of hydrogen-bond donors (Lipinski definition) is 0. The zero-order chi connectivity index (χ0) is 18.9. The van der Waals surface area contributed by atoms with Crippen molar-refractivity contribution >= 4 is 23.2 Å². The lowest BCUT2D eigenvalue weighted by molar-refractivity contribution is -0.395. The van der Waals surface area contributed by atoms with E-state index in [0.29, 0.717) is 19.4 Å². The molecule has 0 saturated carbocycles. The minimum absolute atomic E-state index is 0.117. The number of amides is 2. The number of nitro benzene ring substituents is 2. The first-order valence-electron chi connectivity index (χ1n) is 7.60. The lowest BCUT2D eigenvalue weighted by Gasteiger charge is -2.26. The molecule has 1 aromatic carbocycles. The van der Waals surface area contributed by atoms with Crippen LogP contribution in [0.5, 0.6) is 0 Å². The van der Waals surface area contributed by atoms with Crippen LogP contribution in [0.2, 0.25) is 0 Å². The van der Waals surface area contributed by atoms with Crippen LogP contribution in [-0.4, -0.2) is 58.1 Å². The van der Waals surface area contributed by atoms with Crippen LogP contribution in [0.3, 0.4) is 0 Å². The Morgan fingerprint density at radius 1 is 1.16 bits per heavy atom. The predicted molar refractivity (Wildman–Crippen MR) is 87.2 cm³/mol. The van der Waals surface area contributed by atoms with E-state index in [-0.39, 0.29) is 17.0 Å². The summed E-state index contributed by atoms with van der Waals surface area (Å²) in [6, 6.07) is 1.39. The van der Waals surface area contributed by atoms with E-state index < -0.39 is 33.2 Å². The van der Waals surface area contributed by atoms with Crippen LogP contribution in [0, 0.1) is 27.2 Å². The Morgan fingerprint density at radius 2 is 1.68 bits per heavy atom. The quantitative estimate of drug-likeness (QED) is 0.598. The second-order valence-electron chi connectivity index (χ2n) is 6.04. The summed E-state index contributed by atoms with van der Waals surface area (Å²) in [4.78, 5) is 48.4. The average molecular weight is 350 g/mol. The lowest BCUT2D eigenvalue weighted by Crippen LogP contribution is -2.45. The third-order valence-electron chi connectivity index (χ3n) is 4.23. The molecule has 2 rings (SSSR count). The zero-order valence-electron chi connectivity index (χ0n) is 14.1. The van der Waals surface area contributed by atoms with Gasteiger partial charge >= 0.3 is 0 Å². The van der Waals surface area contributed by atoms with Crippen molar-refractivity contribution in [1.29, 1.82) is 0 Å². The molecule has 1 aliphatic rings. The van der Waals surface area contributed by atoms with Crippen LogP contribution in [0.15, 0.2) is 12.1 Å². The predicted octanol–water partition coefficient (Wildman–Crippen LogP) is 1.50. The van der Waals surface area contributed by atoms with Crippen LogP contribution in [0.1, 0.15) is 28.8 Å². The molecule has 2 amide bonds. The highest BCUT2D eigenvalue weighted by atomic mass is 16.6. The normalized spacial score (nSPS) is 16.6. The summed E-state index contributed by atoms with van der Waals surface area (Å²) in [7, 11) is 3.15. The minimum Gasteiger partial charge on any atom is -0.347 e. The average Bonchev–Trinajstić information content (AvgIpc) is 3.02. The number of likely N-dealkylation sites (N-methyl/N-ethyl adjacent to an activating group) is 1. The standard InChI is InChI=1S/C15H18N4O6/c1-9-12(18(22)23)7-10(8-13(9)19(24)25)14(20)17-6-4-5-11(17)15(21)16(2)3/h7-8,11H,4-6H2,1-3H3. The monoisotopic (exact) mass is 350 g/mol. The van der Waals surface area contributed by atoms with Crippen molar-refractivity contribution in [2.24, 2.45) is 0 Å². The Morgan fingerprint density at radius 3 is 2.12 bits per heavy atom. The number of hydrogen-bond acceptors (Lipinski definition) is 6. The number of benzene rings is 1. The molecule has 1 saturated heterocycles. The molecule has 0 radical (unpaired) electrons. The van der Waals surface area contributed by atoms with Crippen molar-refractivity contribution in [3.63, 3.8) is 0 Å². The molecule has 10 nitrogen and oxygen atoms in total. The Bertz CT molecular complexity index is 725. The molecular formula is C15H18N4O6. The fourth-order valence-electron chi connectivity index (χ4n) is 2.92. The highest BCUT2D eigenvalue weighted by Gasteiger charge is 2.36. The van der Waals surface area contributed by atoms with E-state index >= 15 is 0 Å². The fraction of sp³-hybridized carbons (Fsp3) is 0.467. The van der Waals surface area contributed by atoms with E-state index in [4.69, 9.17) is 0 Å². The maximum absolute atomic E-state index is 12.8. The zero-order valence-corrected chi connectivity index (χ0v) is 14.1. The second kappa shape index (κ2) is 6.83. The smallest absolute Gasteiger partial charge is 0.279 e. The highest BCUT2D eigenvalue weighted by Crippen LogP contribution is 2.31. The topological polar surface area (TPSA) is 127 Å². The molecule has 25 heavy (non-hydrogen) atoms. The fourth-order valence-corrected chi connectivity index (χ4v) is 2.92. The van der Waals surface area contributed by atoms with Gasteiger partial charge in [-0.15, -0.1) is 0 Å². The molecular weight excluding hydrogens is 332 g/mol. The van der Waals surface area contributed by atoms with Crippen LogP contribution < -0.4 is 0 Å². The maximum atomic E-state index is 12.8. The summed E-state index contributed by atoms with van der Waals surface area (Å²) in [5.41, 5.74) is -1.27. The van der Waals surface area contributed by atoms with Crippen molar-refractivity contribution in [1.82, 2.24) is 9.80 Å². The largest absolute Gasteiger partial charge is 0.347 e. The van der Waals surface area contributed by atoms with Gasteiger partial charge in [-0.05, 0) is 19.8 Å². The maximum Gasteiger partial charge on any atom is 0.279 e. The van der Waals surface area contributed by atoms with E-state index in [1.54, 1.807) is 14.1 Å². The van der Waals surface area contributed by atoms with Crippen molar-refractivity contribution in [2.75, 3.05) is 20.6 Å². The SMILES string of the molecule is Cc1c([N+](=O)[O-])cc(C(=O)N2CCCC2C(=O)N(C)C)cc1[N+](=O)[O-]. The molecule has 1 unspecified atom stereocenters. The molecule has 0 bridgehead atoms. The van der Waals surface area contributed by atoms with E-state index in [1.807, 2.05) is 0 Å². The van der Waals surface area contributed by atoms with E-state index in [1.165, 1.54) is 16.7 Å². The molecule has 0 N–H and O–H groups in total. The van der Waals surface area contributed by atoms with Gasteiger partial charge in [0, 0.05) is 32.8 Å². The number of likely N-dealkylation sites (tertiary alicyclic amines) is 1. The summed E-state index contributed by atoms with van der Waals surface area (Å²) >= 11 is 0. The number of nitrogens with zero attached hydrogens (tertiary/aromatic N) is 4. The molecule has 1 aliphatic heterocycles. The Balaban J connectivity index is 2.47. The first kappa shape index (κ1) is 18.3. The Kier molecular flexibility index (Phi) is 5.00. The van der Waals surface area contributed by atoms with Gasteiger partial charge in [-0.2, -0.15) is 0 Å². The Labute approximate surface area is 143 Å². The van der Waals surface area contributed by atoms with Gasteiger partial charge < -0.3 is 9.80 Å². The number of carbonyl (C=O) groups excluding carboxylic acids is 2. The number of nitro groups is 2. The molecule has 0 aliphatic carbocycles. The molecule has 10 heteroatoms. The number of carbonyl (C=O) groups is 2. The summed E-state index contributed by atoms with van der Waals surface area (Å²) in [6.45, 7) is 1.58. The van der Waals surface area contributed by atoms with Gasteiger partial charge in [0.15, 0.2) is 0 Å². The van der Waals surface area contributed by atoms with Gasteiger partial charge in [0.2, 0.25) is 5.91 Å². The highest BCUT2D eigenvalue weighted by molar-refractivity contribution is 5.99. The van der Waals surface area contributed by atoms with Crippen molar-refractivity contribution in [3.05, 3.63) is 43.5 Å². The molecule has 0 aromatic heterocycles. The van der Waals surface area contributed by atoms with Crippen LogP contribution in [-0.2, 0) is 4.79 Å². The van der Waals surface area contributed by atoms with Crippen molar-refractivity contribution in [2.45, 2.75) is 25.8 Å². The van der Waals surface area contributed by atoms with E-state index in [2.05, 4.69) is 0 Å². The van der Waals surface area contributed by atoms with Gasteiger partial charge in [0.05, 0.1) is 15.4 Å². The third-order valence-corrected chi connectivity index (χ3v) is 4.23. The van der Waals surface area contributed by atoms with E-state index in [0.717, 1.165) is 12.1 Å². The molecule has 1 atom stereocenters. The molecule has 1 aromatic rings. The van der Waals surface area contributed by atoms with Crippen LogP contribution in [0.25, 0.3) is 0 Å². The Hall–Kier alpha value is -3.04. The lowest BCUT2D eigenvalue weighted by atomic mass is 10.1. The third kappa shape index (κ3) is 3.42. The van der Waals surface area contributed by atoms with Gasteiger partial charge in [0.1, 0.15) is 11.6 Å². The first-order chi connectivity index (χ1) is 11.6. The van der Waals surface area contributed by atoms with Crippen molar-refractivity contribution < 1.29 is 19.4 Å². The summed E-state index contributed by atoms with van der Waals surface area (Å²) in [5, 5.41) is 22.3. The molecule has 1 fully saturated rings. The van der Waals surface area contributed by atoms with Gasteiger partial charge in [-0.3, -0.25) is 29.8 Å². The van der Waals surface area contributed by atoms with Gasteiger partial charge in [0.25, 0.3) is 17.3 Å². The van der Waals surface area contributed by atoms with Crippen molar-refractivity contribution in [3.8, 4) is 0 Å². The second-order valence-corrected chi connectivity index (χ2v) is 6.04. The first-order valence-corrected chi connectivity index (χ1v) is 7.60. The molecule has 1 heterocycles. The summed E-state index contributed by atoms with van der Waals surface area (Å²) in [6.07, 6.45) is 1.10. The minimum atomic E-state index is -0.758. The summed E-state index contributed by atoms with van der Waals surface area (Å²) in [5.74, 6) is -0.870.